The maximum absolute atomic E-state index is 12.7. The molecule has 1 N–H and O–H groups in total. The van der Waals surface area contributed by atoms with Crippen molar-refractivity contribution in [1.29, 1.82) is 0 Å². The SMILES string of the molecule is CCN1C(=O)/C(=C/c2ccc(C(=O)OC)cc2)SC1=Nc1ccc(O)cc1. The highest BCUT2D eigenvalue weighted by Crippen LogP contribution is 2.34. The van der Waals surface area contributed by atoms with Crippen LogP contribution in [0.5, 0.6) is 5.75 Å². The van der Waals surface area contributed by atoms with Crippen LogP contribution in [0.25, 0.3) is 6.08 Å². The highest BCUT2D eigenvalue weighted by atomic mass is 32.2. The lowest BCUT2D eigenvalue weighted by atomic mass is 10.1. The predicted molar refractivity (Wildman–Crippen MR) is 106 cm³/mol. The average Bonchev–Trinajstić information content (AvgIpc) is 2.97. The van der Waals surface area contributed by atoms with E-state index in [-0.39, 0.29) is 11.7 Å². The zero-order valence-electron chi connectivity index (χ0n) is 14.9. The number of carbonyl (C=O) groups excluding carboxylic acids is 2. The second-order valence-corrected chi connectivity index (χ2v) is 6.69. The predicted octanol–water partition coefficient (Wildman–Crippen LogP) is 3.80. The van der Waals surface area contributed by atoms with Gasteiger partial charge in [0.25, 0.3) is 5.91 Å². The van der Waals surface area contributed by atoms with Crippen LogP contribution >= 0.6 is 11.8 Å². The topological polar surface area (TPSA) is 79.2 Å². The third-order valence-electron chi connectivity index (χ3n) is 3.91. The lowest BCUT2D eigenvalue weighted by molar-refractivity contribution is -0.122. The fourth-order valence-electron chi connectivity index (χ4n) is 2.49. The van der Waals surface area contributed by atoms with Crippen LogP contribution in [0.2, 0.25) is 0 Å². The normalized spacial score (nSPS) is 17.0. The van der Waals surface area contributed by atoms with Crippen molar-refractivity contribution in [3.05, 3.63) is 64.6 Å². The van der Waals surface area contributed by atoms with E-state index in [0.29, 0.717) is 27.9 Å². The first kappa shape index (κ1) is 18.7. The van der Waals surface area contributed by atoms with Crippen LogP contribution in [0.15, 0.2) is 58.4 Å². The molecule has 1 aliphatic rings. The Kier molecular flexibility index (Phi) is 5.61. The van der Waals surface area contributed by atoms with Crippen molar-refractivity contribution in [2.75, 3.05) is 13.7 Å². The number of likely N-dealkylation sites (N-methyl/N-ethyl adjacent to an activating group) is 1. The number of phenols is 1. The standard InChI is InChI=1S/C20H18N2O4S/c1-3-22-18(24)17(12-13-4-6-14(7-5-13)19(25)26-2)27-20(22)21-15-8-10-16(23)11-9-15/h4-12,23H,3H2,1-2H3/b17-12-,21-20?. The minimum atomic E-state index is -0.402. The Balaban J connectivity index is 1.86. The Labute approximate surface area is 161 Å². The molecule has 7 heteroatoms. The maximum Gasteiger partial charge on any atom is 0.337 e. The fraction of sp³-hybridized carbons (Fsp3) is 0.150. The van der Waals surface area contributed by atoms with Gasteiger partial charge in [0.1, 0.15) is 5.75 Å². The van der Waals surface area contributed by atoms with E-state index in [0.717, 1.165) is 5.56 Å². The largest absolute Gasteiger partial charge is 0.508 e. The number of hydrogen-bond donors (Lipinski definition) is 1. The monoisotopic (exact) mass is 382 g/mol. The van der Waals surface area contributed by atoms with Gasteiger partial charge in [0, 0.05) is 6.54 Å². The van der Waals surface area contributed by atoms with E-state index in [2.05, 4.69) is 9.73 Å². The Morgan fingerprint density at radius 3 is 2.44 bits per heavy atom. The first-order valence-electron chi connectivity index (χ1n) is 8.29. The summed E-state index contributed by atoms with van der Waals surface area (Å²) in [5.41, 5.74) is 1.92. The van der Waals surface area contributed by atoms with Gasteiger partial charge in [-0.15, -0.1) is 0 Å². The number of aliphatic imine (C=N–C) groups is 1. The summed E-state index contributed by atoms with van der Waals surface area (Å²) in [5, 5.41) is 9.97. The van der Waals surface area contributed by atoms with Crippen LogP contribution in [0, 0.1) is 0 Å². The molecule has 0 aliphatic carbocycles. The quantitative estimate of drug-likeness (QED) is 0.643. The first-order valence-corrected chi connectivity index (χ1v) is 9.11. The van der Waals surface area contributed by atoms with Gasteiger partial charge >= 0.3 is 5.97 Å². The molecule has 1 heterocycles. The summed E-state index contributed by atoms with van der Waals surface area (Å²) in [6.07, 6.45) is 1.77. The summed E-state index contributed by atoms with van der Waals surface area (Å²) in [7, 11) is 1.33. The molecule has 1 fully saturated rings. The Hall–Kier alpha value is -3.06. The smallest absolute Gasteiger partial charge is 0.337 e. The molecule has 0 aromatic heterocycles. The van der Waals surface area contributed by atoms with Gasteiger partial charge in [0.2, 0.25) is 0 Å². The highest BCUT2D eigenvalue weighted by molar-refractivity contribution is 8.18. The van der Waals surface area contributed by atoms with Crippen LogP contribution in [0.1, 0.15) is 22.8 Å². The van der Waals surface area contributed by atoms with Crippen molar-refractivity contribution in [1.82, 2.24) is 4.90 Å². The number of benzene rings is 2. The minimum absolute atomic E-state index is 0.114. The molecule has 0 atom stereocenters. The molecule has 2 aromatic carbocycles. The van der Waals surface area contributed by atoms with Crippen LogP contribution < -0.4 is 0 Å². The van der Waals surface area contributed by atoms with Crippen LogP contribution in [-0.4, -0.2) is 40.7 Å². The lowest BCUT2D eigenvalue weighted by Crippen LogP contribution is -2.28. The summed E-state index contributed by atoms with van der Waals surface area (Å²) in [6, 6.07) is 13.3. The van der Waals surface area contributed by atoms with E-state index in [1.165, 1.54) is 18.9 Å². The highest BCUT2D eigenvalue weighted by Gasteiger charge is 2.32. The van der Waals surface area contributed by atoms with Crippen molar-refractivity contribution < 1.29 is 19.4 Å². The fourth-order valence-corrected chi connectivity index (χ4v) is 3.55. The number of esters is 1. The third kappa shape index (κ3) is 4.20. The minimum Gasteiger partial charge on any atom is -0.508 e. The van der Waals surface area contributed by atoms with Crippen LogP contribution in [0.4, 0.5) is 5.69 Å². The molecule has 0 unspecified atom stereocenters. The van der Waals surface area contributed by atoms with E-state index in [1.54, 1.807) is 59.5 Å². The Morgan fingerprint density at radius 2 is 1.85 bits per heavy atom. The van der Waals surface area contributed by atoms with Gasteiger partial charge in [-0.3, -0.25) is 9.69 Å². The molecule has 1 saturated heterocycles. The number of carbonyl (C=O) groups is 2. The first-order chi connectivity index (χ1) is 13.0. The second kappa shape index (κ2) is 8.09. The van der Waals surface area contributed by atoms with Crippen molar-refractivity contribution in [2.45, 2.75) is 6.92 Å². The number of thioether (sulfide) groups is 1. The van der Waals surface area contributed by atoms with Crippen molar-refractivity contribution in [3.8, 4) is 5.75 Å². The molecular weight excluding hydrogens is 364 g/mol. The molecule has 1 aliphatic heterocycles. The number of aromatic hydroxyl groups is 1. The summed E-state index contributed by atoms with van der Waals surface area (Å²) >= 11 is 1.29. The zero-order chi connectivity index (χ0) is 19.4. The molecule has 0 bridgehead atoms. The molecule has 0 saturated carbocycles. The Bertz CT molecular complexity index is 918. The van der Waals surface area contributed by atoms with Gasteiger partial charge < -0.3 is 9.84 Å². The van der Waals surface area contributed by atoms with Gasteiger partial charge in [0.15, 0.2) is 5.17 Å². The number of amides is 1. The molecule has 138 valence electrons. The lowest BCUT2D eigenvalue weighted by Gasteiger charge is -2.11. The van der Waals surface area contributed by atoms with Gasteiger partial charge in [-0.1, -0.05) is 12.1 Å². The summed E-state index contributed by atoms with van der Waals surface area (Å²) in [5.74, 6) is -0.351. The number of ether oxygens (including phenoxy) is 1. The van der Waals surface area contributed by atoms with E-state index >= 15 is 0 Å². The second-order valence-electron chi connectivity index (χ2n) is 5.68. The number of amidine groups is 1. The molecule has 1 amide bonds. The molecule has 0 spiro atoms. The molecule has 0 radical (unpaired) electrons. The molecule has 27 heavy (non-hydrogen) atoms. The summed E-state index contributed by atoms with van der Waals surface area (Å²) < 4.78 is 4.68. The number of phenolic OH excluding ortho intramolecular Hbond substituents is 1. The van der Waals surface area contributed by atoms with Gasteiger partial charge in [0.05, 0.1) is 23.3 Å². The Morgan fingerprint density at radius 1 is 1.19 bits per heavy atom. The number of rotatable bonds is 4. The van der Waals surface area contributed by atoms with Crippen molar-refractivity contribution >= 4 is 40.6 Å². The van der Waals surface area contributed by atoms with Crippen molar-refractivity contribution in [3.63, 3.8) is 0 Å². The van der Waals surface area contributed by atoms with E-state index in [1.807, 2.05) is 6.92 Å². The molecule has 2 aromatic rings. The summed E-state index contributed by atoms with van der Waals surface area (Å²) in [6.45, 7) is 2.39. The summed E-state index contributed by atoms with van der Waals surface area (Å²) in [4.78, 5) is 30.8. The number of methoxy groups -OCH3 is 1. The third-order valence-corrected chi connectivity index (χ3v) is 4.91. The number of hydrogen-bond acceptors (Lipinski definition) is 6. The van der Waals surface area contributed by atoms with E-state index in [9.17, 15) is 14.7 Å². The molecule has 6 nitrogen and oxygen atoms in total. The van der Waals surface area contributed by atoms with E-state index in [4.69, 9.17) is 0 Å². The average molecular weight is 382 g/mol. The van der Waals surface area contributed by atoms with Gasteiger partial charge in [-0.25, -0.2) is 9.79 Å². The maximum atomic E-state index is 12.7. The van der Waals surface area contributed by atoms with Crippen molar-refractivity contribution in [2.24, 2.45) is 4.99 Å². The molecular formula is C20H18N2O4S. The zero-order valence-corrected chi connectivity index (χ0v) is 15.7. The van der Waals surface area contributed by atoms with Crippen LogP contribution in [-0.2, 0) is 9.53 Å². The van der Waals surface area contributed by atoms with E-state index < -0.39 is 5.97 Å². The van der Waals surface area contributed by atoms with Gasteiger partial charge in [-0.05, 0) is 66.7 Å². The van der Waals surface area contributed by atoms with Gasteiger partial charge in [-0.2, -0.15) is 0 Å². The number of nitrogens with zero attached hydrogens (tertiary/aromatic N) is 2. The van der Waals surface area contributed by atoms with Crippen LogP contribution in [0.3, 0.4) is 0 Å². The molecule has 3 rings (SSSR count).